The summed E-state index contributed by atoms with van der Waals surface area (Å²) in [5.74, 6) is -18.8. The smallest absolute Gasteiger partial charge is 0.470 e. The molecule has 0 aromatic rings. The molecule has 11 heterocycles. The first-order valence-electron chi connectivity index (χ1n) is 42.7. The number of carboxylic acid groups (broad SMARTS) is 4. The maximum Gasteiger partial charge on any atom is 0.470 e. The summed E-state index contributed by atoms with van der Waals surface area (Å²) in [5, 5.41) is 392. The maximum atomic E-state index is 14.4. The van der Waals surface area contributed by atoms with E-state index >= 15 is 0 Å². The summed E-state index contributed by atoms with van der Waals surface area (Å²) >= 11 is 0. The Morgan fingerprint density at radius 3 is 1.34 bits per heavy atom. The highest BCUT2D eigenvalue weighted by Gasteiger charge is 2.67. The Morgan fingerprint density at radius 2 is 0.807 bits per heavy atom. The average molecular weight is 2080 g/mol. The summed E-state index contributed by atoms with van der Waals surface area (Å²) in [4.78, 5) is 73.2. The lowest BCUT2D eigenvalue weighted by atomic mass is 9.89. The van der Waals surface area contributed by atoms with Gasteiger partial charge in [0.2, 0.25) is 24.1 Å². The van der Waals surface area contributed by atoms with Crippen LogP contribution in [0, 0.1) is 0 Å². The van der Waals surface area contributed by atoms with Crippen LogP contribution >= 0.6 is 7.82 Å². The molecule has 0 aliphatic carbocycles. The van der Waals surface area contributed by atoms with Gasteiger partial charge in [-0.05, 0) is 12.2 Å². The van der Waals surface area contributed by atoms with Gasteiger partial charge in [-0.15, -0.1) is 0 Å². The molecule has 9 saturated heterocycles. The predicted octanol–water partition coefficient (Wildman–Crippen LogP) is -24.7. The fraction of sp³-hybridized carbons (Fsp3) is 0.890. The first-order chi connectivity index (χ1) is 65.6. The highest BCUT2D eigenvalue weighted by Crippen LogP contribution is 2.48. The molecule has 9 fully saturated rings. The van der Waals surface area contributed by atoms with Gasteiger partial charge in [0, 0.05) is 12.8 Å². The second-order valence-corrected chi connectivity index (χ2v) is 35.5. The van der Waals surface area contributed by atoms with E-state index in [2.05, 4.69) is 0 Å². The SMILES string of the molecule is N[C@@H]1[C@@H](O)[C@H](O)[C@@H](CO[C@@H]2O[C@H](CO[C@]3(C(=O)O)C[C@@H](O[C@]4(C(=O)O)C[C@@H](O)[C@@H](O)[C@@H]([C@H](O)CO)O4)[C@@H](O[C@H]4O[C@H]([C@@H](O)CO)[C@@H](O[C@@H]5O[C@H](CO)[C@H](O)[C@H](O)[C@H]5O)[C@H](O[C@H]5O[C@H]([C@@H](O)CO[C@H]6O[C@H]([C@@H](O)CO[C@H]7OC(C(=O)O)=C[C@@H](O)[C@@H]7O)[C@@H](O)[C@H](O)[C@@H]6O)[C@@H](O)[C@H](O[C@H]6OC(C(=O)O)=C[C@@H](O)[C@@H]6O)[C@@H]5O[C@@H]5O[C@H](CO)[C@@H](O)[C@H](O)[C@H]5O)[C@@H]4O)[C@@H]([C@H](O)CO)O3)[C@@H](OP(=O)(O)O)[C@H](O)[C@H]2N)O[C@@H]1O. The monoisotopic (exact) mass is 2080 g/mol. The van der Waals surface area contributed by atoms with E-state index in [9.17, 15) is 212 Å². The Kier molecular flexibility index (Phi) is 39.6. The van der Waals surface area contributed by atoms with Crippen molar-refractivity contribution < 1.29 is 316 Å². The molecule has 0 aromatic carbocycles. The number of aliphatic hydroxyl groups excluding tert-OH is 31. The molecular formula is C73H117N2O64P. The van der Waals surface area contributed by atoms with Gasteiger partial charge < -0.3 is 299 Å². The molecule has 808 valence electrons. The standard InChI is InChI=1S/C73H117N2O64P/c74-29-37(95)36(94)27(122-61(29)110)12-120-62-30(75)38(96)53(139-140(115,116)117)28(127-62)13-121-72(70(111)112)4-24(136-73(71(113)114)3-16(83)31(89)50(137-73)17(84)5-76)54(52(138-72)19(86)7-78)131-68-47(105)56(57(51(130-68)18(85)6-77)134-66-44(102)39(97)34(92)25(8-79)125-66)133-69-58(135-67-45(103)40(98)35(93)26(9-80)126-67)55(132-65-33(91)15(82)2-23(124-65)60(108)109)46(104)49(129-69)21(88)11-119-64-43(101)41(99)42(100)48(128-64)20(87)10-118-63-32(90)14(81)1-22(123-63)59(106)107/h1-2,14-21,24-58,61-69,76-105,110H,3-13,74-75H2,(H,106,107)(H,108,109)(H,111,112)(H,113,114)(H2,115,116,117)/t14-,15-,16-,17-,18+,19-,20+,21+,24-,25-,26-,27-,28-,29-,30-,31-,32+,33+,34+,35-,36-,37-,38-,39+,40+,41+,42+,43+,44-,45-,46-,47+,48-,49-,50-,51-,52-,53-,54-,55+,56-,57-,58+,61+,62-,63+,64+,65-,66+,67+,68-,69-,72-,73-/m1/s1. The van der Waals surface area contributed by atoms with Gasteiger partial charge in [-0.2, -0.15) is 0 Å². The Bertz CT molecular complexity index is 4120. The van der Waals surface area contributed by atoms with Gasteiger partial charge in [0.15, 0.2) is 44.0 Å². The maximum absolute atomic E-state index is 14.4. The molecule has 54 atom stereocenters. The third kappa shape index (κ3) is 25.1. The van der Waals surface area contributed by atoms with Crippen LogP contribution in [0.4, 0.5) is 0 Å². The molecule has 11 rings (SSSR count). The number of hydrogen-bond donors (Lipinski definition) is 39. The van der Waals surface area contributed by atoms with E-state index in [1.54, 1.807) is 0 Å². The second-order valence-electron chi connectivity index (χ2n) is 34.3. The third-order valence-electron chi connectivity index (χ3n) is 24.7. The van der Waals surface area contributed by atoms with Crippen LogP contribution in [0.3, 0.4) is 0 Å². The van der Waals surface area contributed by atoms with Crippen LogP contribution in [0.15, 0.2) is 23.7 Å². The summed E-state index contributed by atoms with van der Waals surface area (Å²) < 4.78 is 139. The van der Waals surface area contributed by atoms with E-state index in [1.807, 2.05) is 0 Å². The largest absolute Gasteiger partial charge is 0.477 e. The van der Waals surface area contributed by atoms with Crippen molar-refractivity contribution in [3.8, 4) is 0 Å². The number of rotatable bonds is 40. The van der Waals surface area contributed by atoms with Crippen LogP contribution in [-0.4, -0.2) is 602 Å². The van der Waals surface area contributed by atoms with Gasteiger partial charge in [-0.3, -0.25) is 4.52 Å². The molecule has 11 aliphatic rings. The summed E-state index contributed by atoms with van der Waals surface area (Å²) in [6.07, 6.45) is -130. The molecule has 0 saturated carbocycles. The zero-order chi connectivity index (χ0) is 104. The predicted molar refractivity (Wildman–Crippen MR) is 415 cm³/mol. The molecule has 66 nitrogen and oxygen atoms in total. The molecule has 140 heavy (non-hydrogen) atoms. The zero-order valence-corrected chi connectivity index (χ0v) is 73.0. The van der Waals surface area contributed by atoms with Crippen molar-refractivity contribution in [1.82, 2.24) is 0 Å². The number of carboxylic acids is 4. The lowest BCUT2D eigenvalue weighted by Gasteiger charge is -2.54. The van der Waals surface area contributed by atoms with Crippen molar-refractivity contribution in [1.29, 1.82) is 0 Å². The second kappa shape index (κ2) is 48.1. The third-order valence-corrected chi connectivity index (χ3v) is 25.2. The topological polar surface area (TPSA) is 1090 Å². The van der Waals surface area contributed by atoms with Crippen LogP contribution < -0.4 is 11.5 Å². The minimum absolute atomic E-state index is 0.380. The first-order valence-corrected chi connectivity index (χ1v) is 44.2. The molecular weight excluding hydrogens is 1960 g/mol. The molecule has 0 amide bonds. The van der Waals surface area contributed by atoms with Gasteiger partial charge in [0.1, 0.15) is 238 Å². The van der Waals surface area contributed by atoms with E-state index in [0.717, 1.165) is 0 Å². The van der Waals surface area contributed by atoms with Crippen molar-refractivity contribution in [2.24, 2.45) is 11.5 Å². The fourth-order valence-electron chi connectivity index (χ4n) is 16.9. The van der Waals surface area contributed by atoms with Crippen LogP contribution in [0.1, 0.15) is 12.8 Å². The number of phosphoric ester groups is 1. The summed E-state index contributed by atoms with van der Waals surface area (Å²) in [7, 11) is -5.97. The normalized spacial score (nSPS) is 47.2. The average Bonchev–Trinajstić information content (AvgIpc) is 0.737. The van der Waals surface area contributed by atoms with Crippen LogP contribution in [0.25, 0.3) is 0 Å². The number of phosphoric acid groups is 1. The van der Waals surface area contributed by atoms with Crippen LogP contribution in [0.2, 0.25) is 0 Å². The van der Waals surface area contributed by atoms with Gasteiger partial charge in [-0.1, -0.05) is 0 Å². The minimum Gasteiger partial charge on any atom is -0.477 e. The van der Waals surface area contributed by atoms with Crippen molar-refractivity contribution in [2.75, 3.05) is 59.5 Å². The fourth-order valence-corrected chi connectivity index (χ4v) is 17.5. The molecule has 0 radical (unpaired) electrons. The van der Waals surface area contributed by atoms with E-state index in [-0.39, 0.29) is 0 Å². The quantitative estimate of drug-likeness (QED) is 0.0253. The van der Waals surface area contributed by atoms with E-state index in [4.69, 9.17) is 115 Å². The summed E-state index contributed by atoms with van der Waals surface area (Å²) in [6, 6.07) is -3.69. The number of aliphatic carboxylic acids is 4. The van der Waals surface area contributed by atoms with Crippen LogP contribution in [-0.2, 0) is 128 Å². The molecule has 0 unspecified atom stereocenters. The van der Waals surface area contributed by atoms with E-state index in [0.29, 0.717) is 12.2 Å². The lowest BCUT2D eigenvalue weighted by molar-refractivity contribution is -0.424. The molecule has 11 aliphatic heterocycles. The number of aliphatic hydroxyl groups is 31. The summed E-state index contributed by atoms with van der Waals surface area (Å²) in [5.41, 5.74) is 11.9. The highest BCUT2D eigenvalue weighted by molar-refractivity contribution is 7.46. The molecule has 67 heteroatoms. The minimum atomic E-state index is -5.97. The lowest BCUT2D eigenvalue weighted by Crippen LogP contribution is -2.72. The number of ether oxygens (including phenoxy) is 21. The van der Waals surface area contributed by atoms with Crippen molar-refractivity contribution in [3.63, 3.8) is 0 Å². The molecule has 0 bridgehead atoms. The van der Waals surface area contributed by atoms with E-state index < -0.39 is 446 Å². The number of hydrogen-bond acceptors (Lipinski definition) is 60. The number of nitrogens with two attached hydrogens (primary N) is 2. The Balaban J connectivity index is 1.04. The van der Waals surface area contributed by atoms with Gasteiger partial charge in [-0.25, -0.2) is 23.7 Å². The zero-order valence-electron chi connectivity index (χ0n) is 72.1. The van der Waals surface area contributed by atoms with Gasteiger partial charge in [0.05, 0.1) is 83.8 Å². The van der Waals surface area contributed by atoms with Crippen molar-refractivity contribution in [3.05, 3.63) is 23.7 Å². The van der Waals surface area contributed by atoms with Gasteiger partial charge in [0.25, 0.3) is 11.6 Å². The molecule has 0 spiro atoms. The van der Waals surface area contributed by atoms with Crippen molar-refractivity contribution in [2.45, 2.75) is 343 Å². The number of carbonyl (C=O) groups is 4. The summed E-state index contributed by atoms with van der Waals surface area (Å²) in [6.45, 7) is -13.0. The van der Waals surface area contributed by atoms with Gasteiger partial charge >= 0.3 is 31.7 Å². The highest BCUT2D eigenvalue weighted by atomic mass is 31.2. The van der Waals surface area contributed by atoms with Crippen LogP contribution in [0.5, 0.6) is 0 Å². The molecule has 0 aromatic heterocycles. The Labute approximate surface area is 783 Å². The molecule has 41 N–H and O–H groups in total. The Morgan fingerprint density at radius 1 is 0.371 bits per heavy atom. The van der Waals surface area contributed by atoms with Crippen molar-refractivity contribution >= 4 is 31.7 Å². The Hall–Kier alpha value is -5.01. The van der Waals surface area contributed by atoms with E-state index in [1.165, 1.54) is 0 Å². The first kappa shape index (κ1) is 115.